The van der Waals surface area contributed by atoms with Gasteiger partial charge in [0.2, 0.25) is 0 Å². The van der Waals surface area contributed by atoms with E-state index in [0.717, 1.165) is 13.0 Å². The number of hydrogen-bond donors (Lipinski definition) is 1. The fraction of sp³-hybridized carbons (Fsp3) is 0.333. The first-order valence-corrected chi connectivity index (χ1v) is 4.60. The van der Waals surface area contributed by atoms with Gasteiger partial charge in [-0.15, -0.1) is 0 Å². The predicted octanol–water partition coefficient (Wildman–Crippen LogP) is 2.73. The first kappa shape index (κ1) is 7.17. The lowest BCUT2D eigenvalue weighted by Gasteiger charge is -2.04. The summed E-state index contributed by atoms with van der Waals surface area (Å²) in [6, 6.07) is 4.27. The topological polar surface area (TPSA) is 12.0 Å². The highest BCUT2D eigenvalue weighted by atomic mass is 79.9. The van der Waals surface area contributed by atoms with Gasteiger partial charge in [0.25, 0.3) is 0 Å². The number of hydrogen-bond acceptors (Lipinski definition) is 1. The quantitative estimate of drug-likeness (QED) is 0.697. The molecule has 0 spiro atoms. The number of aryl methyl sites for hydroxylation is 1. The Balaban J connectivity index is 2.64. The summed E-state index contributed by atoms with van der Waals surface area (Å²) in [5, 5.41) is 3.38. The van der Waals surface area contributed by atoms with Crippen molar-refractivity contribution in [2.24, 2.45) is 0 Å². The zero-order valence-corrected chi connectivity index (χ0v) is 8.03. The number of benzene rings is 1. The van der Waals surface area contributed by atoms with Crippen molar-refractivity contribution in [2.45, 2.75) is 13.3 Å². The Morgan fingerprint density at radius 3 is 3.00 bits per heavy atom. The van der Waals surface area contributed by atoms with Crippen LogP contribution in [0.5, 0.6) is 0 Å². The number of fused-ring (bicyclic) bond motifs is 1. The summed E-state index contributed by atoms with van der Waals surface area (Å²) in [5.74, 6) is 0. The maximum Gasteiger partial charge on any atom is 0.0414 e. The molecule has 1 aromatic rings. The molecule has 1 heterocycles. The highest BCUT2D eigenvalue weighted by Crippen LogP contribution is 2.32. The molecular weight excluding hydrogens is 202 g/mol. The van der Waals surface area contributed by atoms with E-state index in [-0.39, 0.29) is 0 Å². The van der Waals surface area contributed by atoms with E-state index in [4.69, 9.17) is 0 Å². The van der Waals surface area contributed by atoms with Crippen molar-refractivity contribution in [1.82, 2.24) is 0 Å². The SMILES string of the molecule is Cc1ccc(Br)c2c1NCC2. The van der Waals surface area contributed by atoms with E-state index in [1.54, 1.807) is 0 Å². The van der Waals surface area contributed by atoms with E-state index in [1.165, 1.54) is 21.3 Å². The van der Waals surface area contributed by atoms with Crippen LogP contribution in [-0.4, -0.2) is 6.54 Å². The third-order valence-corrected chi connectivity index (χ3v) is 2.88. The number of rotatable bonds is 0. The van der Waals surface area contributed by atoms with E-state index < -0.39 is 0 Å². The minimum atomic E-state index is 1.08. The molecule has 1 N–H and O–H groups in total. The molecule has 1 aromatic carbocycles. The average molecular weight is 212 g/mol. The molecule has 1 aliphatic heterocycles. The van der Waals surface area contributed by atoms with Crippen LogP contribution in [0.2, 0.25) is 0 Å². The maximum atomic E-state index is 3.54. The molecule has 1 aliphatic rings. The molecule has 0 amide bonds. The van der Waals surface area contributed by atoms with Crippen molar-refractivity contribution in [3.63, 3.8) is 0 Å². The third kappa shape index (κ3) is 1.06. The Bertz CT molecular complexity index is 265. The molecule has 0 fully saturated rings. The van der Waals surface area contributed by atoms with Crippen LogP contribution >= 0.6 is 15.9 Å². The first-order valence-electron chi connectivity index (χ1n) is 3.81. The molecule has 58 valence electrons. The summed E-state index contributed by atoms with van der Waals surface area (Å²) in [5.41, 5.74) is 4.12. The van der Waals surface area contributed by atoms with Crippen LogP contribution in [-0.2, 0) is 6.42 Å². The van der Waals surface area contributed by atoms with Gasteiger partial charge in [-0.3, -0.25) is 0 Å². The second-order valence-corrected chi connectivity index (χ2v) is 3.75. The van der Waals surface area contributed by atoms with Crippen molar-refractivity contribution in [3.8, 4) is 0 Å². The molecule has 0 unspecified atom stereocenters. The summed E-state index contributed by atoms with van der Waals surface area (Å²) in [6.07, 6.45) is 1.15. The Morgan fingerprint density at radius 2 is 2.27 bits per heavy atom. The van der Waals surface area contributed by atoms with Crippen LogP contribution in [0.15, 0.2) is 16.6 Å². The molecule has 1 nitrogen and oxygen atoms in total. The van der Waals surface area contributed by atoms with Crippen LogP contribution in [0.1, 0.15) is 11.1 Å². The normalized spacial score (nSPS) is 14.4. The highest BCUT2D eigenvalue weighted by Gasteiger charge is 2.14. The first-order chi connectivity index (χ1) is 5.29. The Labute approximate surface area is 74.9 Å². The summed E-state index contributed by atoms with van der Waals surface area (Å²) in [4.78, 5) is 0. The van der Waals surface area contributed by atoms with E-state index >= 15 is 0 Å². The van der Waals surface area contributed by atoms with E-state index in [1.807, 2.05) is 0 Å². The van der Waals surface area contributed by atoms with Crippen LogP contribution in [0.25, 0.3) is 0 Å². The molecule has 0 aromatic heterocycles. The summed E-state index contributed by atoms with van der Waals surface area (Å²) in [7, 11) is 0. The summed E-state index contributed by atoms with van der Waals surface area (Å²) in [6.45, 7) is 3.22. The van der Waals surface area contributed by atoms with Gasteiger partial charge >= 0.3 is 0 Å². The molecule has 0 aliphatic carbocycles. The Morgan fingerprint density at radius 1 is 1.45 bits per heavy atom. The molecule has 11 heavy (non-hydrogen) atoms. The number of anilines is 1. The van der Waals surface area contributed by atoms with Crippen LogP contribution in [0, 0.1) is 6.92 Å². The monoisotopic (exact) mass is 211 g/mol. The molecule has 2 heteroatoms. The number of halogens is 1. The Kier molecular flexibility index (Phi) is 1.64. The fourth-order valence-electron chi connectivity index (χ4n) is 1.54. The molecule has 0 radical (unpaired) electrons. The zero-order chi connectivity index (χ0) is 7.84. The molecule has 0 atom stereocenters. The zero-order valence-electron chi connectivity index (χ0n) is 6.45. The van der Waals surface area contributed by atoms with Gasteiger partial charge < -0.3 is 5.32 Å². The van der Waals surface area contributed by atoms with E-state index in [0.29, 0.717) is 0 Å². The second-order valence-electron chi connectivity index (χ2n) is 2.89. The molecule has 0 bridgehead atoms. The van der Waals surface area contributed by atoms with Gasteiger partial charge in [0.05, 0.1) is 0 Å². The molecular formula is C9H10BrN. The lowest BCUT2D eigenvalue weighted by Crippen LogP contribution is -1.92. The van der Waals surface area contributed by atoms with Gasteiger partial charge in [-0.05, 0) is 30.5 Å². The van der Waals surface area contributed by atoms with Gasteiger partial charge in [-0.1, -0.05) is 22.0 Å². The molecule has 0 saturated heterocycles. The minimum absolute atomic E-state index is 1.08. The minimum Gasteiger partial charge on any atom is -0.384 e. The molecule has 0 saturated carbocycles. The van der Waals surface area contributed by atoms with Crippen molar-refractivity contribution in [2.75, 3.05) is 11.9 Å². The van der Waals surface area contributed by atoms with Crippen LogP contribution < -0.4 is 5.32 Å². The van der Waals surface area contributed by atoms with E-state index in [2.05, 4.69) is 40.3 Å². The predicted molar refractivity (Wildman–Crippen MR) is 51.1 cm³/mol. The number of nitrogens with one attached hydrogen (secondary N) is 1. The average Bonchev–Trinajstić information content (AvgIpc) is 2.45. The van der Waals surface area contributed by atoms with Gasteiger partial charge in [0.15, 0.2) is 0 Å². The van der Waals surface area contributed by atoms with E-state index in [9.17, 15) is 0 Å². The fourth-order valence-corrected chi connectivity index (χ4v) is 2.07. The third-order valence-electron chi connectivity index (χ3n) is 2.14. The van der Waals surface area contributed by atoms with Gasteiger partial charge in [-0.25, -0.2) is 0 Å². The molecule has 2 rings (SSSR count). The maximum absolute atomic E-state index is 3.54. The summed E-state index contributed by atoms with van der Waals surface area (Å²) < 4.78 is 1.24. The van der Waals surface area contributed by atoms with Crippen molar-refractivity contribution in [3.05, 3.63) is 27.7 Å². The highest BCUT2D eigenvalue weighted by molar-refractivity contribution is 9.10. The van der Waals surface area contributed by atoms with Crippen molar-refractivity contribution < 1.29 is 0 Å². The second kappa shape index (κ2) is 2.52. The largest absolute Gasteiger partial charge is 0.384 e. The lowest BCUT2D eigenvalue weighted by atomic mass is 10.1. The van der Waals surface area contributed by atoms with Crippen molar-refractivity contribution in [1.29, 1.82) is 0 Å². The van der Waals surface area contributed by atoms with Gasteiger partial charge in [0, 0.05) is 16.7 Å². The smallest absolute Gasteiger partial charge is 0.0414 e. The van der Waals surface area contributed by atoms with Crippen LogP contribution in [0.4, 0.5) is 5.69 Å². The van der Waals surface area contributed by atoms with Gasteiger partial charge in [-0.2, -0.15) is 0 Å². The van der Waals surface area contributed by atoms with Crippen LogP contribution in [0.3, 0.4) is 0 Å². The van der Waals surface area contributed by atoms with Crippen molar-refractivity contribution >= 4 is 21.6 Å². The lowest BCUT2D eigenvalue weighted by molar-refractivity contribution is 1.10. The standard InChI is InChI=1S/C9H10BrN/c1-6-2-3-8(10)7-4-5-11-9(6)7/h2-3,11H,4-5H2,1H3. The van der Waals surface area contributed by atoms with Gasteiger partial charge in [0.1, 0.15) is 0 Å². The summed E-state index contributed by atoms with van der Waals surface area (Å²) >= 11 is 3.54. The Hall–Kier alpha value is -0.500.